The van der Waals surface area contributed by atoms with Crippen molar-refractivity contribution in [3.8, 4) is 5.75 Å². The van der Waals surface area contributed by atoms with Crippen molar-refractivity contribution in [2.24, 2.45) is 0 Å². The Kier molecular flexibility index (Phi) is 5.04. The van der Waals surface area contributed by atoms with Gasteiger partial charge >= 0.3 is 0 Å². The zero-order chi connectivity index (χ0) is 18.8. The van der Waals surface area contributed by atoms with E-state index in [1.165, 1.54) is 24.3 Å². The van der Waals surface area contributed by atoms with Gasteiger partial charge in [-0.3, -0.25) is 10.1 Å². The summed E-state index contributed by atoms with van der Waals surface area (Å²) in [6, 6.07) is 15.2. The molecule has 0 aliphatic carbocycles. The van der Waals surface area contributed by atoms with Crippen LogP contribution in [-0.2, 0) is 14.2 Å². The number of nitro benzene ring substituents is 1. The van der Waals surface area contributed by atoms with Crippen molar-refractivity contribution in [2.45, 2.75) is 37.3 Å². The Morgan fingerprint density at radius 3 is 2.52 bits per heavy atom. The van der Waals surface area contributed by atoms with Gasteiger partial charge < -0.3 is 24.1 Å². The molecule has 0 saturated carbocycles. The normalized spacial score (nSPS) is 30.3. The number of hydrogen-bond donors (Lipinski definition) is 1. The van der Waals surface area contributed by atoms with Gasteiger partial charge in [0.05, 0.1) is 17.6 Å². The molecule has 27 heavy (non-hydrogen) atoms. The van der Waals surface area contributed by atoms with Gasteiger partial charge in [0.1, 0.15) is 18.0 Å². The third-order valence-corrected chi connectivity index (χ3v) is 4.59. The maximum Gasteiger partial charge on any atom is 0.269 e. The smallest absolute Gasteiger partial charge is 0.269 e. The summed E-state index contributed by atoms with van der Waals surface area (Å²) in [4.78, 5) is 10.2. The maximum atomic E-state index is 10.7. The number of ether oxygens (including phenoxy) is 4. The quantitative estimate of drug-likeness (QED) is 0.649. The average Bonchev–Trinajstić information content (AvgIpc) is 2.69. The van der Waals surface area contributed by atoms with Crippen LogP contribution >= 0.6 is 0 Å². The lowest BCUT2D eigenvalue weighted by Gasteiger charge is -2.44. The van der Waals surface area contributed by atoms with Crippen molar-refractivity contribution >= 4 is 5.69 Å². The first-order chi connectivity index (χ1) is 13.1. The number of nitrogens with zero attached hydrogens (tertiary/aromatic N) is 1. The van der Waals surface area contributed by atoms with E-state index in [0.717, 1.165) is 5.56 Å². The summed E-state index contributed by atoms with van der Waals surface area (Å²) >= 11 is 0. The minimum Gasteiger partial charge on any atom is -0.465 e. The molecule has 2 aromatic carbocycles. The highest BCUT2D eigenvalue weighted by atomic mass is 16.7. The molecule has 2 aliphatic rings. The van der Waals surface area contributed by atoms with Crippen LogP contribution in [-0.4, -0.2) is 41.2 Å². The molecule has 0 radical (unpaired) electrons. The van der Waals surface area contributed by atoms with E-state index in [-0.39, 0.29) is 18.7 Å². The molecule has 4 rings (SSSR count). The molecule has 2 aromatic rings. The maximum absolute atomic E-state index is 10.7. The lowest BCUT2D eigenvalue weighted by molar-refractivity contribution is -0.384. The van der Waals surface area contributed by atoms with E-state index in [9.17, 15) is 15.2 Å². The molecule has 2 saturated heterocycles. The summed E-state index contributed by atoms with van der Waals surface area (Å²) in [6.45, 7) is 0.265. The number of rotatable bonds is 4. The SMILES string of the molecule is O=[N+]([O-])c1ccc(O[C@H]2CC(O)C3OC(c4ccccc4)OCC3O2)cc1. The fourth-order valence-electron chi connectivity index (χ4n) is 3.24. The minimum atomic E-state index is -0.776. The van der Waals surface area contributed by atoms with Gasteiger partial charge in [-0.2, -0.15) is 0 Å². The number of benzene rings is 2. The fourth-order valence-corrected chi connectivity index (χ4v) is 3.24. The van der Waals surface area contributed by atoms with Crippen molar-refractivity contribution < 1.29 is 29.0 Å². The second kappa shape index (κ2) is 7.61. The predicted molar refractivity (Wildman–Crippen MR) is 93.0 cm³/mol. The predicted octanol–water partition coefficient (Wildman–Crippen LogP) is 2.56. The van der Waals surface area contributed by atoms with Crippen molar-refractivity contribution in [3.63, 3.8) is 0 Å². The summed E-state index contributed by atoms with van der Waals surface area (Å²) in [6.07, 6.45) is -2.76. The monoisotopic (exact) mass is 373 g/mol. The number of hydrogen-bond acceptors (Lipinski definition) is 7. The van der Waals surface area contributed by atoms with Gasteiger partial charge in [-0.25, -0.2) is 0 Å². The summed E-state index contributed by atoms with van der Waals surface area (Å²) in [5.74, 6) is 0.427. The Balaban J connectivity index is 1.38. The molecule has 0 aromatic heterocycles. The first-order valence-corrected chi connectivity index (χ1v) is 8.67. The summed E-state index contributed by atoms with van der Waals surface area (Å²) in [5, 5.41) is 21.2. The van der Waals surface area contributed by atoms with Crippen LogP contribution < -0.4 is 4.74 Å². The van der Waals surface area contributed by atoms with Crippen LogP contribution in [0.5, 0.6) is 5.75 Å². The van der Waals surface area contributed by atoms with Crippen LogP contribution in [0.15, 0.2) is 54.6 Å². The zero-order valence-corrected chi connectivity index (χ0v) is 14.3. The van der Waals surface area contributed by atoms with Crippen LogP contribution in [0.25, 0.3) is 0 Å². The highest BCUT2D eigenvalue weighted by molar-refractivity contribution is 5.36. The van der Waals surface area contributed by atoms with E-state index in [0.29, 0.717) is 5.75 Å². The number of aliphatic hydroxyl groups is 1. The number of non-ortho nitro benzene ring substituents is 1. The molecule has 0 spiro atoms. The summed E-state index contributed by atoms with van der Waals surface area (Å²) in [5.41, 5.74) is 0.862. The Morgan fingerprint density at radius 2 is 1.81 bits per heavy atom. The average molecular weight is 373 g/mol. The van der Waals surface area contributed by atoms with Crippen molar-refractivity contribution in [3.05, 3.63) is 70.3 Å². The Hall–Kier alpha value is -2.52. The number of aliphatic hydroxyl groups excluding tert-OH is 1. The molecule has 142 valence electrons. The molecule has 2 aliphatic heterocycles. The van der Waals surface area contributed by atoms with Gasteiger partial charge in [-0.05, 0) is 12.1 Å². The van der Waals surface area contributed by atoms with Crippen LogP contribution in [0.3, 0.4) is 0 Å². The molecule has 1 N–H and O–H groups in total. The van der Waals surface area contributed by atoms with E-state index in [1.807, 2.05) is 30.3 Å². The molecular formula is C19H19NO7. The highest BCUT2D eigenvalue weighted by Gasteiger charge is 2.44. The lowest BCUT2D eigenvalue weighted by Crippen LogP contribution is -2.55. The van der Waals surface area contributed by atoms with Crippen LogP contribution in [0.4, 0.5) is 5.69 Å². The summed E-state index contributed by atoms with van der Waals surface area (Å²) in [7, 11) is 0. The van der Waals surface area contributed by atoms with Crippen LogP contribution in [0, 0.1) is 10.1 Å². The Morgan fingerprint density at radius 1 is 1.07 bits per heavy atom. The van der Waals surface area contributed by atoms with Crippen molar-refractivity contribution in [1.29, 1.82) is 0 Å². The van der Waals surface area contributed by atoms with E-state index < -0.39 is 35.8 Å². The third-order valence-electron chi connectivity index (χ3n) is 4.59. The molecule has 5 atom stereocenters. The largest absolute Gasteiger partial charge is 0.465 e. The van der Waals surface area contributed by atoms with E-state index in [1.54, 1.807) is 0 Å². The molecule has 2 fully saturated rings. The van der Waals surface area contributed by atoms with E-state index >= 15 is 0 Å². The highest BCUT2D eigenvalue weighted by Crippen LogP contribution is 2.34. The van der Waals surface area contributed by atoms with Gasteiger partial charge in [-0.1, -0.05) is 30.3 Å². The second-order valence-electron chi connectivity index (χ2n) is 6.45. The van der Waals surface area contributed by atoms with Gasteiger partial charge in [0.25, 0.3) is 5.69 Å². The van der Waals surface area contributed by atoms with Crippen LogP contribution in [0.2, 0.25) is 0 Å². The second-order valence-corrected chi connectivity index (χ2v) is 6.45. The van der Waals surface area contributed by atoms with Gasteiger partial charge in [0.2, 0.25) is 6.29 Å². The first kappa shape index (κ1) is 17.9. The zero-order valence-electron chi connectivity index (χ0n) is 14.3. The third kappa shape index (κ3) is 3.93. The molecule has 0 bridgehead atoms. The minimum absolute atomic E-state index is 0.0203. The van der Waals surface area contributed by atoms with Gasteiger partial charge in [-0.15, -0.1) is 0 Å². The van der Waals surface area contributed by atoms with Crippen LogP contribution in [0.1, 0.15) is 18.3 Å². The summed E-state index contributed by atoms with van der Waals surface area (Å²) < 4.78 is 23.2. The Bertz CT molecular complexity index is 782. The van der Waals surface area contributed by atoms with E-state index in [4.69, 9.17) is 18.9 Å². The number of fused-ring (bicyclic) bond motifs is 1. The van der Waals surface area contributed by atoms with Gasteiger partial charge in [0, 0.05) is 24.1 Å². The topological polar surface area (TPSA) is 100 Å². The van der Waals surface area contributed by atoms with E-state index in [2.05, 4.69) is 0 Å². The molecule has 0 amide bonds. The molecule has 4 unspecified atom stereocenters. The fraction of sp³-hybridized carbons (Fsp3) is 0.368. The lowest BCUT2D eigenvalue weighted by atomic mass is 10.0. The molecule has 8 nitrogen and oxygen atoms in total. The molecular weight excluding hydrogens is 354 g/mol. The first-order valence-electron chi connectivity index (χ1n) is 8.67. The standard InChI is InChI=1S/C19H19NO7/c21-15-10-17(25-14-8-6-13(7-9-14)20(22)23)26-16-11-24-19(27-18(15)16)12-4-2-1-3-5-12/h1-9,15-19,21H,10-11H2/t15?,16?,17-,18?,19?/m1/s1. The molecule has 8 heteroatoms. The Labute approximate surface area is 155 Å². The van der Waals surface area contributed by atoms with Crippen molar-refractivity contribution in [1.82, 2.24) is 0 Å². The number of nitro groups is 1. The molecule has 2 heterocycles. The van der Waals surface area contributed by atoms with Gasteiger partial charge in [0.15, 0.2) is 6.29 Å². The van der Waals surface area contributed by atoms with Crippen molar-refractivity contribution in [2.75, 3.05) is 6.61 Å².